The molecule has 0 saturated heterocycles. The van der Waals surface area contributed by atoms with Crippen molar-refractivity contribution < 1.29 is 84.1 Å². The van der Waals surface area contributed by atoms with Crippen molar-refractivity contribution in [3.63, 3.8) is 0 Å². The Labute approximate surface area is 354 Å². The zero-order valence-corrected chi connectivity index (χ0v) is 32.3. The maximum atomic E-state index is 14.1. The molecule has 1 saturated carbocycles. The van der Waals surface area contributed by atoms with Gasteiger partial charge in [-0.05, 0) is 11.1 Å². The van der Waals surface area contributed by atoms with Crippen LogP contribution in [0, 0.1) is 5.92 Å². The fourth-order valence-electron chi connectivity index (χ4n) is 8.93. The first kappa shape index (κ1) is 41.0. The van der Waals surface area contributed by atoms with Gasteiger partial charge in [-0.1, -0.05) is 24.3 Å². The third-order valence-electron chi connectivity index (χ3n) is 11.6. The molecule has 64 heavy (non-hydrogen) atoms. The molecule has 9 rings (SSSR count). The van der Waals surface area contributed by atoms with Gasteiger partial charge in [-0.25, -0.2) is 19.2 Å². The highest BCUT2D eigenvalue weighted by molar-refractivity contribution is 5.96. The molecule has 0 radical (unpaired) electrons. The Morgan fingerprint density at radius 1 is 0.516 bits per heavy atom. The average molecular weight is 881 g/mol. The molecule has 0 bridgehead atoms. The lowest BCUT2D eigenvalue weighted by atomic mass is 9.74. The molecular weight excluding hydrogens is 848 g/mol. The van der Waals surface area contributed by atoms with Crippen LogP contribution in [0.2, 0.25) is 0 Å². The molecule has 0 spiro atoms. The van der Waals surface area contributed by atoms with Gasteiger partial charge in [0.05, 0.1) is 52.2 Å². The lowest BCUT2D eigenvalue weighted by molar-refractivity contribution is -0.162. The quantitative estimate of drug-likeness (QED) is 0.0839. The van der Waals surface area contributed by atoms with E-state index in [0.29, 0.717) is 0 Å². The second-order valence-corrected chi connectivity index (χ2v) is 15.5. The van der Waals surface area contributed by atoms with Crippen molar-refractivity contribution in [3.05, 3.63) is 131 Å². The highest BCUT2D eigenvalue weighted by atomic mass is 16.5. The van der Waals surface area contributed by atoms with Gasteiger partial charge in [0.2, 0.25) is 0 Å². The predicted octanol–water partition coefficient (Wildman–Crippen LogP) is 3.54. The molecule has 4 aromatic carbocycles. The number of phenols is 6. The maximum Gasteiger partial charge on any atom is 0.344 e. The van der Waals surface area contributed by atoms with E-state index < -0.39 is 172 Å². The smallest absolute Gasteiger partial charge is 0.344 e. The Balaban J connectivity index is 1.38. The molecular formula is C44H32O20. The number of esters is 1. The Hall–Kier alpha value is -8.36. The molecule has 2 aliphatic rings. The summed E-state index contributed by atoms with van der Waals surface area (Å²) >= 11 is 0. The van der Waals surface area contributed by atoms with Gasteiger partial charge >= 0.3 is 22.8 Å². The second kappa shape index (κ2) is 14.6. The number of hydrogen-bond donors (Lipinski definition) is 12. The molecule has 20 heteroatoms. The molecule has 4 heterocycles. The van der Waals surface area contributed by atoms with Crippen molar-refractivity contribution in [2.75, 3.05) is 0 Å². The SMILES string of the molecule is O=C1OC2CC(O)CC(O)C2C(O)=C1C(c1cccc(C(c2c(O)c3c(O)cc(O)cc3oc2=O)c2c(O)c3c(O)cc(O)cc3oc2=O)c1)c1c(O)c2c(O)cc(O)cc2oc1=O. The van der Waals surface area contributed by atoms with E-state index in [1.807, 2.05) is 0 Å². The Kier molecular flexibility index (Phi) is 9.38. The fraction of sp³-hybridized carbons (Fsp3) is 0.182. The van der Waals surface area contributed by atoms with Crippen molar-refractivity contribution >= 4 is 38.9 Å². The van der Waals surface area contributed by atoms with Gasteiger partial charge in [0.25, 0.3) is 0 Å². The molecule has 20 nitrogen and oxygen atoms in total. The molecule has 1 fully saturated rings. The Morgan fingerprint density at radius 2 is 0.922 bits per heavy atom. The zero-order chi connectivity index (χ0) is 45.8. The van der Waals surface area contributed by atoms with E-state index in [0.717, 1.165) is 42.5 Å². The summed E-state index contributed by atoms with van der Waals surface area (Å²) in [7, 11) is 0. The van der Waals surface area contributed by atoms with Crippen LogP contribution in [0.25, 0.3) is 32.9 Å². The van der Waals surface area contributed by atoms with Gasteiger partial charge in [-0.15, -0.1) is 0 Å². The number of phenolic OH excluding ortho intramolecular Hbond substituents is 6. The molecule has 1 aliphatic heterocycles. The summed E-state index contributed by atoms with van der Waals surface area (Å²) < 4.78 is 21.8. The van der Waals surface area contributed by atoms with Crippen LogP contribution >= 0.6 is 0 Å². The third kappa shape index (κ3) is 6.30. The number of carbonyl (C=O) groups excluding carboxylic acids is 1. The number of aromatic hydroxyl groups is 9. The third-order valence-corrected chi connectivity index (χ3v) is 11.6. The van der Waals surface area contributed by atoms with Gasteiger partial charge < -0.3 is 79.3 Å². The molecule has 12 N–H and O–H groups in total. The van der Waals surface area contributed by atoms with Crippen LogP contribution in [-0.4, -0.2) is 85.6 Å². The lowest BCUT2D eigenvalue weighted by Crippen LogP contribution is -2.49. The first-order valence-corrected chi connectivity index (χ1v) is 19.1. The first-order chi connectivity index (χ1) is 30.3. The van der Waals surface area contributed by atoms with Crippen LogP contribution < -0.4 is 16.9 Å². The van der Waals surface area contributed by atoms with Gasteiger partial charge in [0.15, 0.2) is 0 Å². The van der Waals surface area contributed by atoms with Crippen LogP contribution in [0.5, 0.6) is 51.7 Å². The maximum absolute atomic E-state index is 14.1. The minimum Gasteiger partial charge on any atom is -0.511 e. The Morgan fingerprint density at radius 3 is 1.36 bits per heavy atom. The summed E-state index contributed by atoms with van der Waals surface area (Å²) in [6.45, 7) is 0. The number of aliphatic hydroxyl groups is 3. The topological polar surface area (TPSA) is 360 Å². The molecule has 7 aromatic rings. The summed E-state index contributed by atoms with van der Waals surface area (Å²) in [5, 5.41) is 130. The number of hydrogen-bond acceptors (Lipinski definition) is 20. The van der Waals surface area contributed by atoms with Crippen LogP contribution in [0.3, 0.4) is 0 Å². The molecule has 3 aromatic heterocycles. The number of rotatable bonds is 6. The lowest BCUT2D eigenvalue weighted by Gasteiger charge is -2.41. The number of aliphatic hydroxyl groups excluding tert-OH is 3. The molecule has 5 unspecified atom stereocenters. The summed E-state index contributed by atoms with van der Waals surface area (Å²) in [4.78, 5) is 56.2. The van der Waals surface area contributed by atoms with E-state index in [2.05, 4.69) is 0 Å². The number of ether oxygens (including phenoxy) is 1. The minimum atomic E-state index is -2.08. The van der Waals surface area contributed by atoms with E-state index in [-0.39, 0.29) is 24.0 Å². The van der Waals surface area contributed by atoms with Gasteiger partial charge in [0.1, 0.15) is 96.5 Å². The fourth-order valence-corrected chi connectivity index (χ4v) is 8.93. The zero-order valence-electron chi connectivity index (χ0n) is 32.3. The predicted molar refractivity (Wildman–Crippen MR) is 216 cm³/mol. The first-order valence-electron chi connectivity index (χ1n) is 19.1. The summed E-state index contributed by atoms with van der Waals surface area (Å²) in [5.74, 6) is -15.0. The Bertz CT molecular complexity index is 3270. The van der Waals surface area contributed by atoms with Crippen molar-refractivity contribution in [1.82, 2.24) is 0 Å². The molecule has 5 atom stereocenters. The summed E-state index contributed by atoms with van der Waals surface area (Å²) in [6, 6.07) is 9.75. The van der Waals surface area contributed by atoms with Gasteiger partial charge in [-0.2, -0.15) is 0 Å². The van der Waals surface area contributed by atoms with Crippen LogP contribution in [0.15, 0.2) is 99.6 Å². The minimum absolute atomic E-state index is 0.215. The van der Waals surface area contributed by atoms with Crippen molar-refractivity contribution in [3.8, 4) is 51.7 Å². The average Bonchev–Trinajstić information content (AvgIpc) is 3.18. The summed E-state index contributed by atoms with van der Waals surface area (Å²) in [5.41, 5.74) is -9.87. The molecule has 0 amide bonds. The monoisotopic (exact) mass is 880 g/mol. The van der Waals surface area contributed by atoms with Crippen LogP contribution in [0.1, 0.15) is 52.5 Å². The van der Waals surface area contributed by atoms with Gasteiger partial charge in [0, 0.05) is 49.2 Å². The van der Waals surface area contributed by atoms with Crippen molar-refractivity contribution in [1.29, 1.82) is 0 Å². The van der Waals surface area contributed by atoms with E-state index in [9.17, 15) is 80.5 Å². The highest BCUT2D eigenvalue weighted by Crippen LogP contribution is 2.50. The largest absolute Gasteiger partial charge is 0.511 e. The van der Waals surface area contributed by atoms with Crippen LogP contribution in [-0.2, 0) is 9.53 Å². The van der Waals surface area contributed by atoms with Crippen LogP contribution in [0.4, 0.5) is 0 Å². The van der Waals surface area contributed by atoms with E-state index in [4.69, 9.17) is 18.0 Å². The normalized spacial score (nSPS) is 19.3. The number of fused-ring (bicyclic) bond motifs is 4. The second-order valence-electron chi connectivity index (χ2n) is 15.5. The molecule has 328 valence electrons. The van der Waals surface area contributed by atoms with E-state index in [1.54, 1.807) is 0 Å². The highest BCUT2D eigenvalue weighted by Gasteiger charge is 2.49. The molecule has 1 aliphatic carbocycles. The summed E-state index contributed by atoms with van der Waals surface area (Å²) in [6.07, 6.45) is -4.44. The number of benzene rings is 4. The standard InChI is InChI=1S/C44H32O20/c45-15-5-19(49)29-23(9-15)61-41(57)33(37(29)53)27(34-38(54)30-20(50)6-16(46)10-24(30)62-42(34)58)13-2-1-3-14(4-13)28(35-39(55)31-21(51)7-17(47)11-25(31)63-43(35)59)36-40(56)32-22(52)8-18(48)12-26(32)64-44(36)60/h1-7,9-11,18,22,26-28,32,45-56H,8,12H2. The van der Waals surface area contributed by atoms with E-state index in [1.165, 1.54) is 18.2 Å². The van der Waals surface area contributed by atoms with Crippen molar-refractivity contribution in [2.45, 2.75) is 43.0 Å². The number of carbonyl (C=O) groups is 1. The van der Waals surface area contributed by atoms with Crippen molar-refractivity contribution in [2.24, 2.45) is 5.92 Å². The van der Waals surface area contributed by atoms with E-state index >= 15 is 0 Å². The van der Waals surface area contributed by atoms with Gasteiger partial charge in [-0.3, -0.25) is 0 Å².